The minimum atomic E-state index is -1.01. The molecule has 0 radical (unpaired) electrons. The fourth-order valence-corrected chi connectivity index (χ4v) is 1.52. The van der Waals surface area contributed by atoms with Gasteiger partial charge >= 0.3 is 0 Å². The second-order valence-corrected chi connectivity index (χ2v) is 3.85. The highest BCUT2D eigenvalue weighted by Gasteiger charge is 2.10. The quantitative estimate of drug-likeness (QED) is 0.904. The second-order valence-electron chi connectivity index (χ2n) is 3.51. The molecule has 0 unspecified atom stereocenters. The van der Waals surface area contributed by atoms with E-state index in [1.165, 1.54) is 12.1 Å². The monoisotopic (exact) mass is 285 g/mol. The summed E-state index contributed by atoms with van der Waals surface area (Å²) in [6.45, 7) is 2.45. The van der Waals surface area contributed by atoms with E-state index >= 15 is 0 Å². The van der Waals surface area contributed by atoms with Crippen molar-refractivity contribution < 1.29 is 8.78 Å². The Morgan fingerprint density at radius 2 is 1.89 bits per heavy atom. The Kier molecular flexibility index (Phi) is 4.06. The van der Waals surface area contributed by atoms with Crippen molar-refractivity contribution in [1.82, 2.24) is 15.0 Å². The van der Waals surface area contributed by atoms with Crippen LogP contribution in [-0.2, 0) is 0 Å². The molecule has 0 atom stereocenters. The average molecular weight is 286 g/mol. The highest BCUT2D eigenvalue weighted by molar-refractivity contribution is 6.28. The van der Waals surface area contributed by atoms with Gasteiger partial charge in [0.15, 0.2) is 11.6 Å². The zero-order valence-corrected chi connectivity index (χ0v) is 10.7. The average Bonchev–Trinajstić information content (AvgIpc) is 2.35. The molecule has 0 aliphatic rings. The summed E-state index contributed by atoms with van der Waals surface area (Å²) < 4.78 is 26.5. The number of anilines is 3. The summed E-state index contributed by atoms with van der Waals surface area (Å²) in [5.74, 6) is -1.69. The molecule has 0 amide bonds. The largest absolute Gasteiger partial charge is 0.354 e. The molecular weight excluding hydrogens is 276 g/mol. The van der Waals surface area contributed by atoms with Crippen molar-refractivity contribution in [3.8, 4) is 0 Å². The van der Waals surface area contributed by atoms with Crippen molar-refractivity contribution in [2.24, 2.45) is 0 Å². The van der Waals surface area contributed by atoms with Crippen LogP contribution in [0.25, 0.3) is 0 Å². The first-order chi connectivity index (χ1) is 9.10. The van der Waals surface area contributed by atoms with Gasteiger partial charge in [0, 0.05) is 6.54 Å². The first kappa shape index (κ1) is 13.4. The molecule has 2 aromatic rings. The maximum absolute atomic E-state index is 13.5. The van der Waals surface area contributed by atoms with Crippen LogP contribution in [0.3, 0.4) is 0 Å². The SMILES string of the molecule is CCNc1nc(Cl)nc(Nc2cccc(F)c2F)n1. The van der Waals surface area contributed by atoms with E-state index in [2.05, 4.69) is 25.6 Å². The van der Waals surface area contributed by atoms with Crippen LogP contribution in [0, 0.1) is 11.6 Å². The van der Waals surface area contributed by atoms with Gasteiger partial charge in [0.2, 0.25) is 17.2 Å². The van der Waals surface area contributed by atoms with Crippen LogP contribution in [0.4, 0.5) is 26.4 Å². The lowest BCUT2D eigenvalue weighted by Crippen LogP contribution is -2.07. The number of hydrogen-bond acceptors (Lipinski definition) is 5. The van der Waals surface area contributed by atoms with Crippen LogP contribution in [0.2, 0.25) is 5.28 Å². The lowest BCUT2D eigenvalue weighted by atomic mass is 10.3. The molecule has 100 valence electrons. The first-order valence-corrected chi connectivity index (χ1v) is 5.84. The number of aromatic nitrogens is 3. The zero-order valence-electron chi connectivity index (χ0n) is 9.91. The summed E-state index contributed by atoms with van der Waals surface area (Å²) >= 11 is 5.71. The maximum Gasteiger partial charge on any atom is 0.233 e. The third-order valence-corrected chi connectivity index (χ3v) is 2.31. The molecule has 1 aromatic heterocycles. The Balaban J connectivity index is 2.30. The second kappa shape index (κ2) is 5.75. The fraction of sp³-hybridized carbons (Fsp3) is 0.182. The van der Waals surface area contributed by atoms with Gasteiger partial charge in [-0.25, -0.2) is 8.78 Å². The van der Waals surface area contributed by atoms with Crippen molar-refractivity contribution in [2.45, 2.75) is 6.92 Å². The van der Waals surface area contributed by atoms with Gasteiger partial charge < -0.3 is 10.6 Å². The van der Waals surface area contributed by atoms with Crippen LogP contribution >= 0.6 is 11.6 Å². The van der Waals surface area contributed by atoms with E-state index in [0.717, 1.165) is 6.07 Å². The smallest absolute Gasteiger partial charge is 0.233 e. The van der Waals surface area contributed by atoms with E-state index in [-0.39, 0.29) is 22.9 Å². The minimum Gasteiger partial charge on any atom is -0.354 e. The van der Waals surface area contributed by atoms with E-state index in [4.69, 9.17) is 11.6 Å². The van der Waals surface area contributed by atoms with Crippen LogP contribution in [0.1, 0.15) is 6.92 Å². The molecule has 1 aromatic carbocycles. The van der Waals surface area contributed by atoms with Gasteiger partial charge in [-0.3, -0.25) is 0 Å². The first-order valence-electron chi connectivity index (χ1n) is 5.46. The third-order valence-electron chi connectivity index (χ3n) is 2.14. The molecule has 2 N–H and O–H groups in total. The lowest BCUT2D eigenvalue weighted by Gasteiger charge is -2.08. The Hall–Kier alpha value is -2.02. The third kappa shape index (κ3) is 3.25. The molecule has 2 rings (SSSR count). The molecule has 0 fully saturated rings. The van der Waals surface area contributed by atoms with Crippen molar-refractivity contribution >= 4 is 29.2 Å². The molecule has 0 spiro atoms. The predicted octanol–water partition coefficient (Wildman–Crippen LogP) is 2.98. The molecule has 0 saturated carbocycles. The fourth-order valence-electron chi connectivity index (χ4n) is 1.36. The van der Waals surface area contributed by atoms with Gasteiger partial charge in [0.25, 0.3) is 0 Å². The normalized spacial score (nSPS) is 10.3. The number of nitrogens with zero attached hydrogens (tertiary/aromatic N) is 3. The highest BCUT2D eigenvalue weighted by atomic mass is 35.5. The minimum absolute atomic E-state index is 0.0282. The van der Waals surface area contributed by atoms with Crippen molar-refractivity contribution in [3.63, 3.8) is 0 Å². The summed E-state index contributed by atoms with van der Waals surface area (Å²) in [5, 5.41) is 5.35. The van der Waals surface area contributed by atoms with Crippen LogP contribution in [0.5, 0.6) is 0 Å². The predicted molar refractivity (Wildman–Crippen MR) is 68.6 cm³/mol. The Labute approximate surface area is 113 Å². The summed E-state index contributed by atoms with van der Waals surface area (Å²) in [6.07, 6.45) is 0. The Bertz CT molecular complexity index is 593. The molecule has 0 aliphatic heterocycles. The highest BCUT2D eigenvalue weighted by Crippen LogP contribution is 2.20. The van der Waals surface area contributed by atoms with E-state index in [9.17, 15) is 8.78 Å². The van der Waals surface area contributed by atoms with Crippen LogP contribution < -0.4 is 10.6 Å². The van der Waals surface area contributed by atoms with Crippen LogP contribution in [0.15, 0.2) is 18.2 Å². The van der Waals surface area contributed by atoms with Gasteiger partial charge in [-0.15, -0.1) is 0 Å². The summed E-state index contributed by atoms with van der Waals surface area (Å²) in [4.78, 5) is 11.6. The summed E-state index contributed by atoms with van der Waals surface area (Å²) in [7, 11) is 0. The molecule has 5 nitrogen and oxygen atoms in total. The Morgan fingerprint density at radius 3 is 2.63 bits per heavy atom. The van der Waals surface area contributed by atoms with Gasteiger partial charge in [-0.1, -0.05) is 6.07 Å². The van der Waals surface area contributed by atoms with Crippen LogP contribution in [-0.4, -0.2) is 21.5 Å². The van der Waals surface area contributed by atoms with Gasteiger partial charge in [0.1, 0.15) is 0 Å². The molecule has 1 heterocycles. The standard InChI is InChI=1S/C11H10ClF2N5/c1-2-15-10-17-9(12)18-11(19-10)16-7-5-3-4-6(13)8(7)14/h3-5H,2H2,1H3,(H2,15,16,17,18,19). The van der Waals surface area contributed by atoms with Gasteiger partial charge in [-0.05, 0) is 30.7 Å². The molecule has 0 bridgehead atoms. The zero-order chi connectivity index (χ0) is 13.8. The topological polar surface area (TPSA) is 62.7 Å². The molecule has 8 heteroatoms. The van der Waals surface area contributed by atoms with Gasteiger partial charge in [-0.2, -0.15) is 15.0 Å². The molecular formula is C11H10ClF2N5. The number of nitrogens with one attached hydrogen (secondary N) is 2. The number of halogens is 3. The molecule has 0 aliphatic carbocycles. The summed E-state index contributed by atoms with van der Waals surface area (Å²) in [5.41, 5.74) is -0.0790. The van der Waals surface area contributed by atoms with Crippen molar-refractivity contribution in [1.29, 1.82) is 0 Å². The Morgan fingerprint density at radius 1 is 1.16 bits per heavy atom. The van der Waals surface area contributed by atoms with E-state index < -0.39 is 11.6 Å². The summed E-state index contributed by atoms with van der Waals surface area (Å²) in [6, 6.07) is 3.75. The van der Waals surface area contributed by atoms with Crippen molar-refractivity contribution in [3.05, 3.63) is 35.1 Å². The van der Waals surface area contributed by atoms with Crippen molar-refractivity contribution in [2.75, 3.05) is 17.2 Å². The van der Waals surface area contributed by atoms with E-state index in [1.807, 2.05) is 6.92 Å². The van der Waals surface area contributed by atoms with E-state index in [1.54, 1.807) is 0 Å². The van der Waals surface area contributed by atoms with E-state index in [0.29, 0.717) is 6.54 Å². The van der Waals surface area contributed by atoms with Gasteiger partial charge in [0.05, 0.1) is 5.69 Å². The number of hydrogen-bond donors (Lipinski definition) is 2. The molecule has 0 saturated heterocycles. The number of rotatable bonds is 4. The molecule has 19 heavy (non-hydrogen) atoms. The lowest BCUT2D eigenvalue weighted by molar-refractivity contribution is 0.511. The maximum atomic E-state index is 13.5. The number of benzene rings is 1.